The first-order chi connectivity index (χ1) is 15.6. The number of piperidine rings is 1. The van der Waals surface area contributed by atoms with Crippen LogP contribution in [0.4, 0.5) is 24.9 Å². The Morgan fingerprint density at radius 2 is 1.88 bits per heavy atom. The second-order valence-corrected chi connectivity index (χ2v) is 8.96. The monoisotopic (exact) mass is 488 g/mol. The van der Waals surface area contributed by atoms with Gasteiger partial charge in [0.15, 0.2) is 5.69 Å². The number of hydrogen-bond acceptors (Lipinski definition) is 8. The molecule has 3 heterocycles. The third-order valence-corrected chi connectivity index (χ3v) is 6.48. The zero-order valence-electron chi connectivity index (χ0n) is 17.7. The maximum Gasteiger partial charge on any atom is 0.434 e. The SMILES string of the molecule is COCCNS(=O)(=O)c1ccc(N2CCC(C(=O)Nc3ncccn3)CC2)nc1C(F)(F)F. The Hall–Kier alpha value is -2.84. The topological polar surface area (TPSA) is 126 Å². The summed E-state index contributed by atoms with van der Waals surface area (Å²) in [7, 11) is -3.10. The molecule has 0 spiro atoms. The van der Waals surface area contributed by atoms with Gasteiger partial charge in [0.2, 0.25) is 21.9 Å². The number of aromatic nitrogens is 3. The minimum Gasteiger partial charge on any atom is -0.383 e. The van der Waals surface area contributed by atoms with Crippen molar-refractivity contribution in [2.45, 2.75) is 23.9 Å². The molecule has 180 valence electrons. The Morgan fingerprint density at radius 3 is 2.48 bits per heavy atom. The molecule has 0 saturated carbocycles. The van der Waals surface area contributed by atoms with Gasteiger partial charge in [0.25, 0.3) is 0 Å². The van der Waals surface area contributed by atoms with Gasteiger partial charge in [-0.3, -0.25) is 10.1 Å². The molecule has 1 fully saturated rings. The summed E-state index contributed by atoms with van der Waals surface area (Å²) in [4.78, 5) is 24.5. The second kappa shape index (κ2) is 10.4. The highest BCUT2D eigenvalue weighted by Gasteiger charge is 2.40. The van der Waals surface area contributed by atoms with Crippen LogP contribution in [0, 0.1) is 5.92 Å². The van der Waals surface area contributed by atoms with E-state index in [1.54, 1.807) is 11.0 Å². The summed E-state index contributed by atoms with van der Waals surface area (Å²) in [6, 6.07) is 3.74. The third kappa shape index (κ3) is 6.36. The van der Waals surface area contributed by atoms with Gasteiger partial charge in [-0.25, -0.2) is 28.1 Å². The molecule has 1 aliphatic rings. The van der Waals surface area contributed by atoms with Gasteiger partial charge in [0.05, 0.1) is 6.61 Å². The summed E-state index contributed by atoms with van der Waals surface area (Å²) < 4.78 is 72.4. The number of carbonyl (C=O) groups is 1. The van der Waals surface area contributed by atoms with Crippen LogP contribution in [-0.2, 0) is 25.7 Å². The Kier molecular flexibility index (Phi) is 7.81. The minimum absolute atomic E-state index is 0.00497. The van der Waals surface area contributed by atoms with Crippen LogP contribution in [0.1, 0.15) is 18.5 Å². The van der Waals surface area contributed by atoms with Crippen molar-refractivity contribution < 1.29 is 31.1 Å². The van der Waals surface area contributed by atoms with Crippen LogP contribution in [0.3, 0.4) is 0 Å². The van der Waals surface area contributed by atoms with Gasteiger partial charge >= 0.3 is 6.18 Å². The summed E-state index contributed by atoms with van der Waals surface area (Å²) in [5, 5.41) is 2.61. The summed E-state index contributed by atoms with van der Waals surface area (Å²) in [6.45, 7) is 0.374. The van der Waals surface area contributed by atoms with E-state index < -0.39 is 26.8 Å². The molecule has 2 aromatic heterocycles. The molecular weight excluding hydrogens is 465 g/mol. The molecule has 0 aliphatic carbocycles. The Balaban J connectivity index is 1.72. The third-order valence-electron chi connectivity index (χ3n) is 4.99. The van der Waals surface area contributed by atoms with Crippen molar-refractivity contribution >= 4 is 27.7 Å². The number of sulfonamides is 1. The normalized spacial score (nSPS) is 15.5. The molecular formula is C19H23F3N6O4S. The number of alkyl halides is 3. The van der Waals surface area contributed by atoms with Crippen LogP contribution in [-0.4, -0.2) is 62.6 Å². The first-order valence-corrected chi connectivity index (χ1v) is 11.5. The number of nitrogens with one attached hydrogen (secondary N) is 2. The lowest BCUT2D eigenvalue weighted by Crippen LogP contribution is -2.39. The number of anilines is 2. The maximum absolute atomic E-state index is 13.6. The van der Waals surface area contributed by atoms with Crippen LogP contribution >= 0.6 is 0 Å². The lowest BCUT2D eigenvalue weighted by atomic mass is 9.96. The molecule has 0 unspecified atom stereocenters. The standard InChI is InChI=1S/C19H23F3N6O4S/c1-32-12-9-25-33(30,31)14-3-4-15(26-16(14)19(20,21)22)28-10-5-13(6-11-28)17(29)27-18-23-7-2-8-24-18/h2-4,7-8,13,25H,5-6,9-12H2,1H3,(H,23,24,27,29). The van der Waals surface area contributed by atoms with E-state index in [2.05, 4.69) is 25.0 Å². The lowest BCUT2D eigenvalue weighted by Gasteiger charge is -2.32. The zero-order valence-corrected chi connectivity index (χ0v) is 18.5. The highest BCUT2D eigenvalue weighted by Crippen LogP contribution is 2.35. The Bertz CT molecular complexity index is 1060. The largest absolute Gasteiger partial charge is 0.434 e. The predicted octanol–water partition coefficient (Wildman–Crippen LogP) is 1.67. The Morgan fingerprint density at radius 1 is 1.21 bits per heavy atom. The van der Waals surface area contributed by atoms with E-state index in [-0.39, 0.29) is 49.8 Å². The van der Waals surface area contributed by atoms with E-state index >= 15 is 0 Å². The van der Waals surface area contributed by atoms with Crippen LogP contribution in [0.5, 0.6) is 0 Å². The molecule has 2 N–H and O–H groups in total. The molecule has 1 aliphatic heterocycles. The van der Waals surface area contributed by atoms with Crippen LogP contribution in [0.15, 0.2) is 35.5 Å². The highest BCUT2D eigenvalue weighted by molar-refractivity contribution is 7.89. The zero-order chi connectivity index (χ0) is 24.1. The summed E-state index contributed by atoms with van der Waals surface area (Å²) in [5.41, 5.74) is -1.49. The Labute approximate surface area is 188 Å². The number of amides is 1. The van der Waals surface area contributed by atoms with E-state index in [9.17, 15) is 26.4 Å². The number of halogens is 3. The number of rotatable bonds is 8. The molecule has 2 aromatic rings. The molecule has 10 nitrogen and oxygen atoms in total. The predicted molar refractivity (Wildman–Crippen MR) is 112 cm³/mol. The van der Waals surface area contributed by atoms with Gasteiger partial charge in [-0.15, -0.1) is 0 Å². The van der Waals surface area contributed by atoms with Crippen molar-refractivity contribution in [1.82, 2.24) is 19.7 Å². The summed E-state index contributed by atoms with van der Waals surface area (Å²) in [6.07, 6.45) is -1.24. The molecule has 1 saturated heterocycles. The van der Waals surface area contributed by atoms with Crippen LogP contribution in [0.25, 0.3) is 0 Å². The van der Waals surface area contributed by atoms with Gasteiger partial charge in [0, 0.05) is 45.1 Å². The smallest absolute Gasteiger partial charge is 0.383 e. The number of hydrogen-bond donors (Lipinski definition) is 2. The van der Waals surface area contributed by atoms with Crippen molar-refractivity contribution in [1.29, 1.82) is 0 Å². The molecule has 0 radical (unpaired) electrons. The lowest BCUT2D eigenvalue weighted by molar-refractivity contribution is -0.143. The van der Waals surface area contributed by atoms with Crippen molar-refractivity contribution in [2.24, 2.45) is 5.92 Å². The number of carbonyl (C=O) groups excluding carboxylic acids is 1. The molecule has 1 amide bonds. The van der Waals surface area contributed by atoms with Gasteiger partial charge in [-0.2, -0.15) is 13.2 Å². The first-order valence-electron chi connectivity index (χ1n) is 10.0. The van der Waals surface area contributed by atoms with Crippen LogP contribution < -0.4 is 14.9 Å². The molecule has 0 atom stereocenters. The van der Waals surface area contributed by atoms with E-state index in [0.717, 1.165) is 6.07 Å². The second-order valence-electron chi connectivity index (χ2n) is 7.23. The number of methoxy groups -OCH3 is 1. The highest BCUT2D eigenvalue weighted by atomic mass is 32.2. The maximum atomic E-state index is 13.6. The van der Waals surface area contributed by atoms with Gasteiger partial charge in [-0.05, 0) is 31.0 Å². The minimum atomic E-state index is -4.98. The summed E-state index contributed by atoms with van der Waals surface area (Å²) in [5.74, 6) is -0.467. The molecule has 3 rings (SSSR count). The van der Waals surface area contributed by atoms with E-state index in [4.69, 9.17) is 4.74 Å². The molecule has 14 heteroatoms. The number of nitrogens with zero attached hydrogens (tertiary/aromatic N) is 4. The van der Waals surface area contributed by atoms with Gasteiger partial charge < -0.3 is 9.64 Å². The molecule has 0 bridgehead atoms. The van der Waals surface area contributed by atoms with Crippen LogP contribution in [0.2, 0.25) is 0 Å². The van der Waals surface area contributed by atoms with Gasteiger partial charge in [-0.1, -0.05) is 0 Å². The average Bonchev–Trinajstić information content (AvgIpc) is 2.79. The molecule has 0 aromatic carbocycles. The fourth-order valence-electron chi connectivity index (χ4n) is 3.33. The van der Waals surface area contributed by atoms with Crippen molar-refractivity contribution in [3.8, 4) is 0 Å². The van der Waals surface area contributed by atoms with Crippen molar-refractivity contribution in [2.75, 3.05) is 43.6 Å². The number of pyridine rings is 1. The van der Waals surface area contributed by atoms with Crippen molar-refractivity contribution in [3.05, 3.63) is 36.3 Å². The summed E-state index contributed by atoms with van der Waals surface area (Å²) >= 11 is 0. The average molecular weight is 488 g/mol. The van der Waals surface area contributed by atoms with Gasteiger partial charge in [0.1, 0.15) is 10.7 Å². The first kappa shape index (κ1) is 24.8. The molecule has 33 heavy (non-hydrogen) atoms. The quantitative estimate of drug-likeness (QED) is 0.538. The van der Waals surface area contributed by atoms with Crippen molar-refractivity contribution in [3.63, 3.8) is 0 Å². The van der Waals surface area contributed by atoms with E-state index in [1.807, 2.05) is 0 Å². The fraction of sp³-hybridized carbons (Fsp3) is 0.474. The fourth-order valence-corrected chi connectivity index (χ4v) is 4.51. The number of ether oxygens (including phenoxy) is 1. The van der Waals surface area contributed by atoms with E-state index in [0.29, 0.717) is 12.8 Å². The van der Waals surface area contributed by atoms with E-state index in [1.165, 1.54) is 25.6 Å².